The molecule has 0 saturated heterocycles. The molecule has 0 amide bonds. The van der Waals surface area contributed by atoms with Crippen LogP contribution in [0.15, 0.2) is 16.0 Å². The predicted octanol–water partition coefficient (Wildman–Crippen LogP) is 1.40. The first kappa shape index (κ1) is 10.9. The zero-order chi connectivity index (χ0) is 12.5. The van der Waals surface area contributed by atoms with Crippen molar-refractivity contribution >= 4 is 17.2 Å². The lowest BCUT2D eigenvalue weighted by molar-refractivity contribution is 0.422. The summed E-state index contributed by atoms with van der Waals surface area (Å²) in [5, 5.41) is 13.4. The SMILES string of the molecule is Cc1csc(Cc2noc(-c3cc(N)n[nH]3)n2)n1. The Hall–Kier alpha value is -2.22. The van der Waals surface area contributed by atoms with Crippen LogP contribution in [0.25, 0.3) is 11.6 Å². The maximum absolute atomic E-state index is 5.51. The number of nitrogens with zero attached hydrogens (tertiary/aromatic N) is 4. The smallest absolute Gasteiger partial charge is 0.276 e. The van der Waals surface area contributed by atoms with Crippen molar-refractivity contribution in [3.8, 4) is 11.6 Å². The average molecular weight is 262 g/mol. The van der Waals surface area contributed by atoms with Gasteiger partial charge in [0.1, 0.15) is 16.5 Å². The fourth-order valence-corrected chi connectivity index (χ4v) is 2.27. The first-order chi connectivity index (χ1) is 8.70. The number of H-pyrrole nitrogens is 1. The molecule has 0 spiro atoms. The van der Waals surface area contributed by atoms with Gasteiger partial charge in [0.25, 0.3) is 5.89 Å². The van der Waals surface area contributed by atoms with Gasteiger partial charge < -0.3 is 10.3 Å². The summed E-state index contributed by atoms with van der Waals surface area (Å²) in [6, 6.07) is 1.64. The molecule has 7 nitrogen and oxygen atoms in total. The Morgan fingerprint density at radius 2 is 2.33 bits per heavy atom. The highest BCUT2D eigenvalue weighted by Crippen LogP contribution is 2.18. The molecule has 3 N–H and O–H groups in total. The fourth-order valence-electron chi connectivity index (χ4n) is 1.50. The number of thiazole rings is 1. The Labute approximate surface area is 106 Å². The van der Waals surface area contributed by atoms with Crippen LogP contribution >= 0.6 is 11.3 Å². The molecule has 3 rings (SSSR count). The van der Waals surface area contributed by atoms with Gasteiger partial charge in [-0.2, -0.15) is 10.1 Å². The van der Waals surface area contributed by atoms with Gasteiger partial charge >= 0.3 is 0 Å². The molecule has 3 heterocycles. The van der Waals surface area contributed by atoms with E-state index >= 15 is 0 Å². The number of rotatable bonds is 3. The topological polar surface area (TPSA) is 107 Å². The molecule has 0 saturated carbocycles. The number of aromatic amines is 1. The van der Waals surface area contributed by atoms with Crippen molar-refractivity contribution in [1.29, 1.82) is 0 Å². The second kappa shape index (κ2) is 4.22. The van der Waals surface area contributed by atoms with Crippen LogP contribution in [0.3, 0.4) is 0 Å². The molecule has 0 aliphatic carbocycles. The molecule has 0 fully saturated rings. The van der Waals surface area contributed by atoms with Crippen molar-refractivity contribution in [3.63, 3.8) is 0 Å². The molecule has 3 aromatic heterocycles. The number of nitrogens with two attached hydrogens (primary N) is 1. The summed E-state index contributed by atoms with van der Waals surface area (Å²) in [6.07, 6.45) is 0.561. The second-order valence-electron chi connectivity index (χ2n) is 3.78. The summed E-state index contributed by atoms with van der Waals surface area (Å²) in [6.45, 7) is 1.95. The van der Waals surface area contributed by atoms with Crippen LogP contribution in [-0.4, -0.2) is 25.3 Å². The van der Waals surface area contributed by atoms with E-state index in [2.05, 4.69) is 25.3 Å². The highest BCUT2D eigenvalue weighted by Gasteiger charge is 2.12. The lowest BCUT2D eigenvalue weighted by Crippen LogP contribution is -1.90. The Morgan fingerprint density at radius 1 is 1.44 bits per heavy atom. The Bertz CT molecular complexity index is 669. The normalized spacial score (nSPS) is 10.9. The van der Waals surface area contributed by atoms with Gasteiger partial charge in [0, 0.05) is 17.1 Å². The molecule has 0 unspecified atom stereocenters. The molecule has 0 aliphatic rings. The third kappa shape index (κ3) is 2.09. The number of aromatic nitrogens is 5. The molecular weight excluding hydrogens is 252 g/mol. The Kier molecular flexibility index (Phi) is 2.56. The molecule has 0 radical (unpaired) electrons. The number of anilines is 1. The van der Waals surface area contributed by atoms with Crippen molar-refractivity contribution in [2.75, 3.05) is 5.73 Å². The van der Waals surface area contributed by atoms with E-state index in [4.69, 9.17) is 10.3 Å². The van der Waals surface area contributed by atoms with Gasteiger partial charge in [0.2, 0.25) is 0 Å². The van der Waals surface area contributed by atoms with E-state index < -0.39 is 0 Å². The molecule has 3 aromatic rings. The van der Waals surface area contributed by atoms with Crippen LogP contribution < -0.4 is 5.73 Å². The van der Waals surface area contributed by atoms with Gasteiger partial charge in [-0.25, -0.2) is 4.98 Å². The van der Waals surface area contributed by atoms with Crippen molar-refractivity contribution in [3.05, 3.63) is 28.0 Å². The van der Waals surface area contributed by atoms with E-state index in [1.165, 1.54) is 0 Å². The summed E-state index contributed by atoms with van der Waals surface area (Å²) in [5.41, 5.74) is 7.12. The molecule has 0 aromatic carbocycles. The largest absolute Gasteiger partial charge is 0.382 e. The number of hydrogen-bond donors (Lipinski definition) is 2. The summed E-state index contributed by atoms with van der Waals surface area (Å²) in [7, 11) is 0. The van der Waals surface area contributed by atoms with Gasteiger partial charge in [-0.05, 0) is 6.92 Å². The zero-order valence-electron chi connectivity index (χ0n) is 9.54. The highest BCUT2D eigenvalue weighted by atomic mass is 32.1. The minimum absolute atomic E-state index is 0.377. The molecule has 0 aliphatic heterocycles. The zero-order valence-corrected chi connectivity index (χ0v) is 10.4. The number of nitrogens with one attached hydrogen (secondary N) is 1. The van der Waals surface area contributed by atoms with E-state index in [9.17, 15) is 0 Å². The predicted molar refractivity (Wildman–Crippen MR) is 65.9 cm³/mol. The summed E-state index contributed by atoms with van der Waals surface area (Å²) in [4.78, 5) is 8.61. The maximum atomic E-state index is 5.51. The molecule has 0 bridgehead atoms. The van der Waals surface area contributed by atoms with Crippen LogP contribution in [0.5, 0.6) is 0 Å². The van der Waals surface area contributed by atoms with Gasteiger partial charge in [0.15, 0.2) is 5.82 Å². The molecule has 92 valence electrons. The molecule has 8 heteroatoms. The van der Waals surface area contributed by atoms with E-state index in [0.29, 0.717) is 29.6 Å². The number of hydrogen-bond acceptors (Lipinski definition) is 7. The summed E-state index contributed by atoms with van der Waals surface area (Å²) >= 11 is 1.58. The standard InChI is InChI=1S/C10H10N6OS/c1-5-4-18-9(12-5)3-8-13-10(17-16-8)6-2-7(11)15-14-6/h2,4H,3H2,1H3,(H3,11,14,15). The fraction of sp³-hybridized carbons (Fsp3) is 0.200. The van der Waals surface area contributed by atoms with Crippen molar-refractivity contribution in [2.45, 2.75) is 13.3 Å². The van der Waals surface area contributed by atoms with Crippen molar-refractivity contribution < 1.29 is 4.52 Å². The van der Waals surface area contributed by atoms with Crippen molar-refractivity contribution in [1.82, 2.24) is 25.3 Å². The maximum Gasteiger partial charge on any atom is 0.276 e. The summed E-state index contributed by atoms with van der Waals surface area (Å²) < 4.78 is 5.13. The third-order valence-corrected chi connectivity index (χ3v) is 3.24. The highest BCUT2D eigenvalue weighted by molar-refractivity contribution is 7.09. The van der Waals surface area contributed by atoms with Gasteiger partial charge in [-0.3, -0.25) is 5.10 Å². The van der Waals surface area contributed by atoms with Gasteiger partial charge in [-0.1, -0.05) is 5.16 Å². The first-order valence-electron chi connectivity index (χ1n) is 5.25. The van der Waals surface area contributed by atoms with E-state index in [0.717, 1.165) is 10.7 Å². The van der Waals surface area contributed by atoms with E-state index in [-0.39, 0.29) is 0 Å². The van der Waals surface area contributed by atoms with Crippen LogP contribution in [0.1, 0.15) is 16.5 Å². The monoisotopic (exact) mass is 262 g/mol. The quantitative estimate of drug-likeness (QED) is 0.738. The van der Waals surface area contributed by atoms with Crippen LogP contribution in [0, 0.1) is 6.92 Å². The lowest BCUT2D eigenvalue weighted by Gasteiger charge is -1.87. The van der Waals surface area contributed by atoms with E-state index in [1.807, 2.05) is 12.3 Å². The average Bonchev–Trinajstić information content (AvgIpc) is 3.01. The van der Waals surface area contributed by atoms with Crippen LogP contribution in [-0.2, 0) is 6.42 Å². The van der Waals surface area contributed by atoms with Crippen LogP contribution in [0.2, 0.25) is 0 Å². The Balaban J connectivity index is 1.81. The summed E-state index contributed by atoms with van der Waals surface area (Å²) in [5.74, 6) is 1.36. The third-order valence-electron chi connectivity index (χ3n) is 2.27. The van der Waals surface area contributed by atoms with Crippen molar-refractivity contribution in [2.24, 2.45) is 0 Å². The minimum atomic E-state index is 0.377. The number of aryl methyl sites for hydroxylation is 1. The first-order valence-corrected chi connectivity index (χ1v) is 6.13. The van der Waals surface area contributed by atoms with Crippen LogP contribution in [0.4, 0.5) is 5.82 Å². The molecular formula is C10H10N6OS. The van der Waals surface area contributed by atoms with Gasteiger partial charge in [-0.15, -0.1) is 11.3 Å². The molecule has 0 atom stereocenters. The lowest BCUT2D eigenvalue weighted by atomic mass is 10.4. The van der Waals surface area contributed by atoms with E-state index in [1.54, 1.807) is 17.4 Å². The minimum Gasteiger partial charge on any atom is -0.382 e. The number of nitrogen functional groups attached to an aromatic ring is 1. The molecule has 18 heavy (non-hydrogen) atoms. The second-order valence-corrected chi connectivity index (χ2v) is 4.72. The van der Waals surface area contributed by atoms with Gasteiger partial charge in [0.05, 0.1) is 6.42 Å². The Morgan fingerprint density at radius 3 is 3.00 bits per heavy atom.